The van der Waals surface area contributed by atoms with E-state index in [1.54, 1.807) is 11.3 Å². The Morgan fingerprint density at radius 1 is 1.24 bits per heavy atom. The molecule has 3 heterocycles. The maximum absolute atomic E-state index is 13.1. The number of piperazine rings is 1. The molecule has 1 amide bonds. The molecule has 3 N–H and O–H groups in total. The lowest BCUT2D eigenvalue weighted by Gasteiger charge is -2.38. The number of anilines is 1. The minimum Gasteiger partial charge on any atom is -0.375 e. The van der Waals surface area contributed by atoms with Gasteiger partial charge in [0.1, 0.15) is 0 Å². The van der Waals surface area contributed by atoms with E-state index in [1.807, 2.05) is 35.4 Å². The Bertz CT molecular complexity index is 1100. The summed E-state index contributed by atoms with van der Waals surface area (Å²) in [5.41, 5.74) is 8.97. The fourth-order valence-electron chi connectivity index (χ4n) is 5.32. The number of H-pyrrole nitrogens is 1. The second-order valence-electron chi connectivity index (χ2n) is 9.24. The van der Waals surface area contributed by atoms with Crippen molar-refractivity contribution in [1.82, 2.24) is 24.7 Å². The highest BCUT2D eigenvalue weighted by molar-refractivity contribution is 7.15. The van der Waals surface area contributed by atoms with E-state index in [-0.39, 0.29) is 5.91 Å². The van der Waals surface area contributed by atoms with Crippen molar-refractivity contribution in [2.45, 2.75) is 38.6 Å². The number of rotatable bonds is 7. The number of nitrogens with one attached hydrogen (secondary N) is 1. The van der Waals surface area contributed by atoms with Gasteiger partial charge in [0.25, 0.3) is 5.91 Å². The molecule has 1 fully saturated rings. The molecule has 1 aliphatic heterocycles. The topological polar surface area (TPSA) is 81.5 Å². The molecule has 1 saturated heterocycles. The number of amides is 1. The Hall–Kier alpha value is -2.42. The van der Waals surface area contributed by atoms with E-state index >= 15 is 0 Å². The van der Waals surface area contributed by atoms with E-state index in [0.29, 0.717) is 11.2 Å². The van der Waals surface area contributed by atoms with Crippen molar-refractivity contribution < 1.29 is 4.79 Å². The van der Waals surface area contributed by atoms with Gasteiger partial charge in [0.05, 0.1) is 11.3 Å². The van der Waals surface area contributed by atoms with Crippen molar-refractivity contribution in [3.05, 3.63) is 46.6 Å². The van der Waals surface area contributed by atoms with Crippen molar-refractivity contribution in [3.8, 4) is 0 Å². The zero-order valence-corrected chi connectivity index (χ0v) is 20.2. The summed E-state index contributed by atoms with van der Waals surface area (Å²) >= 11 is 1.67. The number of thiazole rings is 1. The average Bonchev–Trinajstić information content (AvgIpc) is 3.43. The number of nitrogens with two attached hydrogens (primary N) is 1. The molecule has 33 heavy (non-hydrogen) atoms. The van der Waals surface area contributed by atoms with Crippen molar-refractivity contribution in [1.29, 1.82) is 0 Å². The van der Waals surface area contributed by atoms with Crippen LogP contribution in [0.1, 0.15) is 40.7 Å². The van der Waals surface area contributed by atoms with Crippen LogP contribution in [0, 0.1) is 0 Å². The molecule has 176 valence electrons. The molecular formula is C25H34N6OS. The summed E-state index contributed by atoms with van der Waals surface area (Å²) < 4.78 is 0. The van der Waals surface area contributed by atoms with Crippen LogP contribution in [0.5, 0.6) is 0 Å². The van der Waals surface area contributed by atoms with Gasteiger partial charge in [-0.1, -0.05) is 25.1 Å². The first kappa shape index (κ1) is 22.4. The van der Waals surface area contributed by atoms with Gasteiger partial charge in [-0.25, -0.2) is 4.98 Å². The molecule has 0 radical (unpaired) electrons. The smallest absolute Gasteiger partial charge is 0.256 e. The van der Waals surface area contributed by atoms with E-state index in [4.69, 9.17) is 5.73 Å². The number of nitrogens with zero attached hydrogens (tertiary/aromatic N) is 4. The Balaban J connectivity index is 1.14. The monoisotopic (exact) mass is 466 g/mol. The van der Waals surface area contributed by atoms with Crippen LogP contribution in [0.3, 0.4) is 0 Å². The molecule has 0 saturated carbocycles. The second-order valence-corrected chi connectivity index (χ2v) is 10.4. The molecule has 2 aliphatic rings. The maximum atomic E-state index is 13.1. The highest BCUT2D eigenvalue weighted by Crippen LogP contribution is 2.30. The quantitative estimate of drug-likeness (QED) is 0.559. The van der Waals surface area contributed by atoms with Gasteiger partial charge in [0.2, 0.25) is 0 Å². The number of hydrogen-bond acceptors (Lipinski definition) is 6. The molecule has 5 rings (SSSR count). The van der Waals surface area contributed by atoms with Crippen LogP contribution in [0.15, 0.2) is 30.5 Å². The number of fused-ring (bicyclic) bond motifs is 2. The Morgan fingerprint density at radius 3 is 2.88 bits per heavy atom. The number of aromatic amines is 1. The first-order chi connectivity index (χ1) is 16.1. The third-order valence-corrected chi connectivity index (χ3v) is 8.09. The Kier molecular flexibility index (Phi) is 6.66. The maximum Gasteiger partial charge on any atom is 0.256 e. The zero-order valence-electron chi connectivity index (χ0n) is 19.4. The molecule has 1 aromatic carbocycles. The van der Waals surface area contributed by atoms with Gasteiger partial charge in [-0.15, -0.1) is 11.3 Å². The third-order valence-electron chi connectivity index (χ3n) is 7.14. The van der Waals surface area contributed by atoms with Gasteiger partial charge >= 0.3 is 0 Å². The number of carbonyl (C=O) groups is 1. The lowest BCUT2D eigenvalue weighted by Crippen LogP contribution is -2.51. The number of hydrogen-bond donors (Lipinski definition) is 2. The van der Waals surface area contributed by atoms with Crippen LogP contribution < -0.4 is 5.73 Å². The van der Waals surface area contributed by atoms with E-state index in [9.17, 15) is 4.79 Å². The molecule has 2 aromatic heterocycles. The standard InChI is InChI=1S/C25H34N6OS/c1-2-9-30(18-7-8-22-23(16-18)33-25(26)28-22)13-10-29-11-14-31(15-12-29)24(32)20-17-27-21-6-4-3-5-19(20)21/h3-6,17-18,27H,2,7-16H2,1H3,(H2,26,28)/t18-/m1/s1. The van der Waals surface area contributed by atoms with Crippen LogP contribution in [0.4, 0.5) is 5.13 Å². The number of benzene rings is 1. The third kappa shape index (κ3) is 4.78. The van der Waals surface area contributed by atoms with Gasteiger partial charge in [-0.3, -0.25) is 14.6 Å². The molecule has 0 unspecified atom stereocenters. The minimum absolute atomic E-state index is 0.140. The summed E-state index contributed by atoms with van der Waals surface area (Å²) in [5, 5.41) is 1.72. The highest BCUT2D eigenvalue weighted by atomic mass is 32.1. The van der Waals surface area contributed by atoms with Crippen molar-refractivity contribution >= 4 is 33.3 Å². The Morgan fingerprint density at radius 2 is 2.06 bits per heavy atom. The predicted molar refractivity (Wildman–Crippen MR) is 135 cm³/mol. The van der Waals surface area contributed by atoms with Crippen molar-refractivity contribution in [2.24, 2.45) is 0 Å². The lowest BCUT2D eigenvalue weighted by molar-refractivity contribution is 0.0611. The number of aryl methyl sites for hydroxylation is 1. The summed E-state index contributed by atoms with van der Waals surface area (Å²) in [7, 11) is 0. The van der Waals surface area contributed by atoms with Gasteiger partial charge in [0, 0.05) is 67.3 Å². The average molecular weight is 467 g/mol. The summed E-state index contributed by atoms with van der Waals surface area (Å²) in [6.45, 7) is 9.00. The number of aromatic nitrogens is 2. The summed E-state index contributed by atoms with van der Waals surface area (Å²) in [6.07, 6.45) is 6.32. The fourth-order valence-corrected chi connectivity index (χ4v) is 6.27. The van der Waals surface area contributed by atoms with Crippen molar-refractivity contribution in [3.63, 3.8) is 0 Å². The van der Waals surface area contributed by atoms with E-state index < -0.39 is 0 Å². The van der Waals surface area contributed by atoms with Gasteiger partial charge in [-0.05, 0) is 38.3 Å². The molecule has 8 heteroatoms. The number of para-hydroxylation sites is 1. The highest BCUT2D eigenvalue weighted by Gasteiger charge is 2.28. The van der Waals surface area contributed by atoms with Crippen molar-refractivity contribution in [2.75, 3.05) is 51.5 Å². The minimum atomic E-state index is 0.140. The van der Waals surface area contributed by atoms with Crippen LogP contribution in [-0.2, 0) is 12.8 Å². The molecule has 7 nitrogen and oxygen atoms in total. The van der Waals surface area contributed by atoms with E-state index in [0.717, 1.165) is 75.1 Å². The molecule has 1 atom stereocenters. The van der Waals surface area contributed by atoms with Crippen LogP contribution in [0.2, 0.25) is 0 Å². The molecule has 1 aliphatic carbocycles. The summed E-state index contributed by atoms with van der Waals surface area (Å²) in [6, 6.07) is 8.61. The Labute approximate surface area is 199 Å². The van der Waals surface area contributed by atoms with Crippen LogP contribution >= 0.6 is 11.3 Å². The SMILES string of the molecule is CCCN(CCN1CCN(C(=O)c2c[nH]c3ccccc23)CC1)[C@@H]1CCc2nc(N)sc2C1. The van der Waals surface area contributed by atoms with E-state index in [1.165, 1.54) is 23.4 Å². The summed E-state index contributed by atoms with van der Waals surface area (Å²) in [4.78, 5) is 29.4. The van der Waals surface area contributed by atoms with Crippen LogP contribution in [0.25, 0.3) is 10.9 Å². The van der Waals surface area contributed by atoms with Gasteiger partial charge in [0.15, 0.2) is 5.13 Å². The molecule has 0 bridgehead atoms. The largest absolute Gasteiger partial charge is 0.375 e. The van der Waals surface area contributed by atoms with Gasteiger partial charge < -0.3 is 15.6 Å². The first-order valence-electron chi connectivity index (χ1n) is 12.2. The number of nitrogen functional groups attached to an aromatic ring is 1. The molecule has 0 spiro atoms. The zero-order chi connectivity index (χ0) is 22.8. The molecular weight excluding hydrogens is 432 g/mol. The lowest BCUT2D eigenvalue weighted by atomic mass is 9.96. The molecule has 3 aromatic rings. The normalized spacial score (nSPS) is 19.3. The first-order valence-corrected chi connectivity index (χ1v) is 13.0. The van der Waals surface area contributed by atoms with E-state index in [2.05, 4.69) is 26.7 Å². The second kappa shape index (κ2) is 9.83. The number of carbonyl (C=O) groups excluding carboxylic acids is 1. The summed E-state index contributed by atoms with van der Waals surface area (Å²) in [5.74, 6) is 0.140. The predicted octanol–water partition coefficient (Wildman–Crippen LogP) is 3.23. The van der Waals surface area contributed by atoms with Gasteiger partial charge in [-0.2, -0.15) is 0 Å². The fraction of sp³-hybridized carbons (Fsp3) is 0.520. The van der Waals surface area contributed by atoms with Crippen LogP contribution in [-0.4, -0.2) is 82.4 Å².